The minimum absolute atomic E-state index is 0.00576. The van der Waals surface area contributed by atoms with Crippen LogP contribution in [0.15, 0.2) is 58.1 Å². The summed E-state index contributed by atoms with van der Waals surface area (Å²) < 4.78 is 29.8. The largest absolute Gasteiger partial charge is 0.377 e. The van der Waals surface area contributed by atoms with Crippen LogP contribution in [-0.2, 0) is 19.8 Å². The molecule has 0 spiro atoms. The summed E-state index contributed by atoms with van der Waals surface area (Å²) in [6.45, 7) is 3.50. The summed E-state index contributed by atoms with van der Waals surface area (Å²) >= 11 is 6.14. The first-order chi connectivity index (χ1) is 12.3. The van der Waals surface area contributed by atoms with Gasteiger partial charge in [0.1, 0.15) is 4.90 Å². The number of oxime groups is 1. The summed E-state index contributed by atoms with van der Waals surface area (Å²) in [5.74, 6) is -0.560. The molecule has 0 radical (unpaired) electrons. The van der Waals surface area contributed by atoms with Crippen molar-refractivity contribution in [3.63, 3.8) is 0 Å². The van der Waals surface area contributed by atoms with Gasteiger partial charge in [-0.15, -0.1) is 0 Å². The first-order valence-corrected chi connectivity index (χ1v) is 9.33. The van der Waals surface area contributed by atoms with Gasteiger partial charge in [-0.05, 0) is 49.8 Å². The molecule has 0 N–H and O–H groups in total. The number of carbonyl (C=O) groups is 1. The van der Waals surface area contributed by atoms with E-state index < -0.39 is 16.1 Å². The Balaban J connectivity index is 1.86. The van der Waals surface area contributed by atoms with Crippen LogP contribution in [0, 0.1) is 6.92 Å². The summed E-state index contributed by atoms with van der Waals surface area (Å²) in [5, 5.41) is 3.68. The van der Waals surface area contributed by atoms with Crippen molar-refractivity contribution in [2.45, 2.75) is 18.7 Å². The lowest BCUT2D eigenvalue weighted by molar-refractivity contribution is -0.136. The Hall–Kier alpha value is -2.64. The van der Waals surface area contributed by atoms with Crippen molar-refractivity contribution in [3.05, 3.63) is 64.2 Å². The number of rotatable bonds is 4. The summed E-state index contributed by atoms with van der Waals surface area (Å²) in [6.07, 6.45) is 1.55. The molecule has 0 fully saturated rings. The Labute approximate surface area is 155 Å². The number of hydrogen-bond donors (Lipinski definition) is 0. The minimum atomic E-state index is -4.00. The summed E-state index contributed by atoms with van der Waals surface area (Å²) in [7, 11) is -4.00. The van der Waals surface area contributed by atoms with E-state index >= 15 is 0 Å². The van der Waals surface area contributed by atoms with Crippen LogP contribution in [-0.4, -0.2) is 20.1 Å². The molecule has 2 aromatic carbocycles. The molecule has 3 rings (SSSR count). The van der Waals surface area contributed by atoms with Gasteiger partial charge in [0.2, 0.25) is 0 Å². The summed E-state index contributed by atoms with van der Waals surface area (Å²) in [5.41, 5.74) is 2.28. The number of nitrogens with zero attached hydrogens (tertiary/aromatic N) is 1. The van der Waals surface area contributed by atoms with Crippen molar-refractivity contribution in [3.8, 4) is 5.75 Å². The second-order valence-electron chi connectivity index (χ2n) is 5.65. The second kappa shape index (κ2) is 6.93. The van der Waals surface area contributed by atoms with E-state index in [2.05, 4.69) is 9.99 Å². The van der Waals surface area contributed by atoms with Crippen LogP contribution in [0.3, 0.4) is 0 Å². The van der Waals surface area contributed by atoms with Crippen molar-refractivity contribution in [2.75, 3.05) is 0 Å². The fourth-order valence-electron chi connectivity index (χ4n) is 2.23. The minimum Gasteiger partial charge on any atom is -0.377 e. The first kappa shape index (κ1) is 18.2. The van der Waals surface area contributed by atoms with E-state index in [1.807, 2.05) is 6.92 Å². The summed E-state index contributed by atoms with van der Waals surface area (Å²) in [4.78, 5) is 16.2. The molecule has 0 bridgehead atoms. The Morgan fingerprint density at radius 2 is 1.81 bits per heavy atom. The lowest BCUT2D eigenvalue weighted by Gasteiger charge is -2.09. The van der Waals surface area contributed by atoms with Gasteiger partial charge in [0.25, 0.3) is 0 Å². The Bertz CT molecular complexity index is 1040. The van der Waals surface area contributed by atoms with E-state index in [4.69, 9.17) is 15.8 Å². The van der Waals surface area contributed by atoms with Gasteiger partial charge in [-0.1, -0.05) is 40.5 Å². The third kappa shape index (κ3) is 3.79. The molecule has 0 unspecified atom stereocenters. The van der Waals surface area contributed by atoms with Crippen molar-refractivity contribution in [1.82, 2.24) is 0 Å². The number of hydrogen-bond acceptors (Lipinski definition) is 6. The molecule has 1 aliphatic heterocycles. The predicted octanol–water partition coefficient (Wildman–Crippen LogP) is 3.73. The summed E-state index contributed by atoms with van der Waals surface area (Å²) in [6, 6.07) is 10.8. The van der Waals surface area contributed by atoms with E-state index in [0.717, 1.165) is 5.56 Å². The highest BCUT2D eigenvalue weighted by atomic mass is 35.5. The van der Waals surface area contributed by atoms with Gasteiger partial charge in [-0.3, -0.25) is 0 Å². The van der Waals surface area contributed by atoms with Gasteiger partial charge < -0.3 is 9.02 Å². The molecule has 6 nitrogen and oxygen atoms in total. The molecule has 1 heterocycles. The van der Waals surface area contributed by atoms with Gasteiger partial charge in [0.15, 0.2) is 5.75 Å². The lowest BCUT2D eigenvalue weighted by atomic mass is 10.1. The average Bonchev–Trinajstić information content (AvgIpc) is 2.89. The van der Waals surface area contributed by atoms with Crippen LogP contribution >= 0.6 is 11.6 Å². The quantitative estimate of drug-likeness (QED) is 0.450. The first-order valence-electron chi connectivity index (χ1n) is 7.55. The van der Waals surface area contributed by atoms with Crippen LogP contribution in [0.25, 0.3) is 6.08 Å². The van der Waals surface area contributed by atoms with Gasteiger partial charge in [-0.2, -0.15) is 8.42 Å². The van der Waals surface area contributed by atoms with Crippen LogP contribution in [0.4, 0.5) is 0 Å². The maximum atomic E-state index is 12.3. The molecule has 0 aromatic heterocycles. The molecule has 134 valence electrons. The zero-order valence-corrected chi connectivity index (χ0v) is 15.5. The third-order valence-corrected chi connectivity index (χ3v) is 5.20. The van der Waals surface area contributed by atoms with E-state index in [9.17, 15) is 13.2 Å². The van der Waals surface area contributed by atoms with E-state index in [1.54, 1.807) is 31.2 Å². The van der Waals surface area contributed by atoms with Gasteiger partial charge in [-0.25, -0.2) is 4.79 Å². The third-order valence-electron chi connectivity index (χ3n) is 3.65. The molecule has 26 heavy (non-hydrogen) atoms. The zero-order chi connectivity index (χ0) is 18.9. The van der Waals surface area contributed by atoms with E-state index in [-0.39, 0.29) is 15.7 Å². The number of benzene rings is 2. The van der Waals surface area contributed by atoms with Crippen LogP contribution in [0.5, 0.6) is 5.75 Å². The molecule has 0 atom stereocenters. The van der Waals surface area contributed by atoms with Crippen molar-refractivity contribution < 1.29 is 22.2 Å². The monoisotopic (exact) mass is 391 g/mol. The van der Waals surface area contributed by atoms with Crippen LogP contribution in [0.1, 0.15) is 18.1 Å². The Morgan fingerprint density at radius 3 is 2.38 bits per heavy atom. The molecular weight excluding hydrogens is 378 g/mol. The average molecular weight is 392 g/mol. The molecule has 0 saturated heterocycles. The standard InChI is InChI=1S/C18H14ClNO5S/c1-11-3-6-14(7-4-11)26(22,23)25-17-8-5-13(10-16(17)19)9-15-12(2)20-24-18(15)21/h3-10H,1-2H3/b15-9+. The van der Waals surface area contributed by atoms with Gasteiger partial charge in [0, 0.05) is 0 Å². The molecule has 1 aliphatic rings. The normalized spacial score (nSPS) is 15.7. The van der Waals surface area contributed by atoms with E-state index in [0.29, 0.717) is 16.8 Å². The van der Waals surface area contributed by atoms with Crippen molar-refractivity contribution >= 4 is 39.5 Å². The Morgan fingerprint density at radius 1 is 1.12 bits per heavy atom. The molecular formula is C18H14ClNO5S. The molecule has 0 aliphatic carbocycles. The van der Waals surface area contributed by atoms with E-state index in [1.165, 1.54) is 24.3 Å². The molecule has 0 amide bonds. The zero-order valence-electron chi connectivity index (χ0n) is 13.9. The SMILES string of the molecule is CC1=NOC(=O)/C1=C/c1ccc(OS(=O)(=O)c2ccc(C)cc2)c(Cl)c1. The van der Waals surface area contributed by atoms with Crippen molar-refractivity contribution in [2.24, 2.45) is 5.16 Å². The van der Waals surface area contributed by atoms with Crippen LogP contribution in [0.2, 0.25) is 5.02 Å². The fraction of sp³-hybridized carbons (Fsp3) is 0.111. The lowest BCUT2D eigenvalue weighted by Crippen LogP contribution is -2.10. The highest BCUT2D eigenvalue weighted by Crippen LogP contribution is 2.29. The highest BCUT2D eigenvalue weighted by Gasteiger charge is 2.22. The molecule has 2 aromatic rings. The smallest absolute Gasteiger partial charge is 0.367 e. The Kier molecular flexibility index (Phi) is 4.84. The van der Waals surface area contributed by atoms with Gasteiger partial charge >= 0.3 is 16.1 Å². The second-order valence-corrected chi connectivity index (χ2v) is 7.61. The van der Waals surface area contributed by atoms with Crippen molar-refractivity contribution in [1.29, 1.82) is 0 Å². The highest BCUT2D eigenvalue weighted by molar-refractivity contribution is 7.87. The van der Waals surface area contributed by atoms with Gasteiger partial charge in [0.05, 0.1) is 16.3 Å². The topological polar surface area (TPSA) is 82.0 Å². The number of halogens is 1. The number of carbonyl (C=O) groups excluding carboxylic acids is 1. The fourth-order valence-corrected chi connectivity index (χ4v) is 3.45. The maximum absolute atomic E-state index is 12.3. The maximum Gasteiger partial charge on any atom is 0.367 e. The predicted molar refractivity (Wildman–Crippen MR) is 97.6 cm³/mol. The van der Waals surface area contributed by atoms with Crippen LogP contribution < -0.4 is 4.18 Å². The molecule has 8 heteroatoms. The number of aryl methyl sites for hydroxylation is 1. The molecule has 0 saturated carbocycles.